The minimum atomic E-state index is -0.298. The number of hydrogen-bond acceptors (Lipinski definition) is 8. The first-order chi connectivity index (χ1) is 18.9. The van der Waals surface area contributed by atoms with E-state index in [1.165, 1.54) is 6.33 Å². The van der Waals surface area contributed by atoms with Crippen LogP contribution in [0.4, 0.5) is 11.6 Å². The summed E-state index contributed by atoms with van der Waals surface area (Å²) in [4.78, 5) is 42.1. The van der Waals surface area contributed by atoms with Crippen LogP contribution in [-0.4, -0.2) is 40.6 Å². The number of carbonyl (C=O) groups is 2. The number of aromatic nitrogens is 6. The molecule has 2 N–H and O–H groups in total. The Hall–Kier alpha value is -4.51. The zero-order valence-corrected chi connectivity index (χ0v) is 21.9. The number of fused-ring (bicyclic) bond motifs is 2. The molecule has 0 spiro atoms. The number of esters is 1. The molecule has 0 bridgehead atoms. The van der Waals surface area contributed by atoms with Crippen molar-refractivity contribution in [3.8, 4) is 5.75 Å². The van der Waals surface area contributed by atoms with Gasteiger partial charge < -0.3 is 24.2 Å². The van der Waals surface area contributed by atoms with E-state index in [4.69, 9.17) is 16.3 Å². The Labute approximate surface area is 228 Å². The van der Waals surface area contributed by atoms with Crippen molar-refractivity contribution in [2.24, 2.45) is 0 Å². The summed E-state index contributed by atoms with van der Waals surface area (Å²) in [5.74, 6) is 1.29. The fourth-order valence-electron chi connectivity index (χ4n) is 4.33. The van der Waals surface area contributed by atoms with Crippen molar-refractivity contribution >= 4 is 46.3 Å². The summed E-state index contributed by atoms with van der Waals surface area (Å²) in [6.45, 7) is 2.13. The molecular formula is C27H25ClN8O3. The van der Waals surface area contributed by atoms with Crippen molar-refractivity contribution in [2.45, 2.75) is 45.1 Å². The van der Waals surface area contributed by atoms with Crippen LogP contribution in [0.2, 0.25) is 5.02 Å². The minimum Gasteiger partial charge on any atom is -0.423 e. The van der Waals surface area contributed by atoms with E-state index in [0.717, 1.165) is 29.6 Å². The molecule has 11 nitrogen and oxygen atoms in total. The second-order valence-corrected chi connectivity index (χ2v) is 9.83. The van der Waals surface area contributed by atoms with Gasteiger partial charge in [-0.05, 0) is 42.5 Å². The second kappa shape index (κ2) is 10.3. The highest BCUT2D eigenvalue weighted by Gasteiger charge is 2.26. The first kappa shape index (κ1) is 24.8. The molecule has 12 heteroatoms. The number of hydrogen-bond donors (Lipinski definition) is 2. The Balaban J connectivity index is 1.13. The van der Waals surface area contributed by atoms with Crippen molar-refractivity contribution in [1.29, 1.82) is 0 Å². The molecule has 6 rings (SSSR count). The molecule has 39 heavy (non-hydrogen) atoms. The minimum absolute atomic E-state index is 0.0681. The number of rotatable bonds is 9. The predicted molar refractivity (Wildman–Crippen MR) is 145 cm³/mol. The molecule has 0 radical (unpaired) electrons. The summed E-state index contributed by atoms with van der Waals surface area (Å²) in [6.07, 6.45) is 11.4. The SMILES string of the molecule is CCC(=O)Oc1cc(C2CC2)cn2cc(CNc3cc(NC(=O)Cc4ncn5ccc(Cl)cc45)ncn3)nc12. The van der Waals surface area contributed by atoms with Crippen molar-refractivity contribution in [3.05, 3.63) is 77.5 Å². The maximum Gasteiger partial charge on any atom is 0.311 e. The summed E-state index contributed by atoms with van der Waals surface area (Å²) < 4.78 is 9.29. The van der Waals surface area contributed by atoms with E-state index >= 15 is 0 Å². The van der Waals surface area contributed by atoms with Crippen molar-refractivity contribution < 1.29 is 14.3 Å². The van der Waals surface area contributed by atoms with Gasteiger partial charge in [0.1, 0.15) is 18.0 Å². The Morgan fingerprint density at radius 3 is 2.77 bits per heavy atom. The Kier molecular flexibility index (Phi) is 6.57. The normalized spacial score (nSPS) is 13.1. The van der Waals surface area contributed by atoms with Gasteiger partial charge in [-0.1, -0.05) is 18.5 Å². The van der Waals surface area contributed by atoms with E-state index in [2.05, 4.69) is 30.6 Å². The Bertz CT molecular complexity index is 1710. The number of halogens is 1. The summed E-state index contributed by atoms with van der Waals surface area (Å²) in [7, 11) is 0. The lowest BCUT2D eigenvalue weighted by molar-refractivity contribution is -0.134. The van der Waals surface area contributed by atoms with Gasteiger partial charge in [0.25, 0.3) is 0 Å². The molecular weight excluding hydrogens is 520 g/mol. The van der Waals surface area contributed by atoms with E-state index in [9.17, 15) is 9.59 Å². The van der Waals surface area contributed by atoms with E-state index in [1.54, 1.807) is 37.6 Å². The van der Waals surface area contributed by atoms with Crippen LogP contribution in [0.1, 0.15) is 49.1 Å². The largest absolute Gasteiger partial charge is 0.423 e. The molecule has 0 atom stereocenters. The van der Waals surface area contributed by atoms with Crippen LogP contribution in [0, 0.1) is 0 Å². The van der Waals surface area contributed by atoms with Crippen molar-refractivity contribution in [3.63, 3.8) is 0 Å². The standard InChI is InChI=1S/C27H25ClN8O3/c1-2-26(38)39-22-7-17(16-3-4-16)12-36-13-19(33-27(22)36)11-29-23-10-24(31-14-30-23)34-25(37)9-20-21-8-18(28)5-6-35(21)15-32-20/h5-8,10,12-16H,2-4,9,11H2,1H3,(H2,29,30,31,34,37). The van der Waals surface area contributed by atoms with Crippen LogP contribution in [0.3, 0.4) is 0 Å². The second-order valence-electron chi connectivity index (χ2n) is 9.40. The first-order valence-electron chi connectivity index (χ1n) is 12.6. The van der Waals surface area contributed by atoms with Gasteiger partial charge in [0.05, 0.1) is 36.2 Å². The third kappa shape index (κ3) is 5.53. The number of nitrogens with zero attached hydrogens (tertiary/aromatic N) is 6. The summed E-state index contributed by atoms with van der Waals surface area (Å²) in [5.41, 5.74) is 3.85. The first-order valence-corrected chi connectivity index (χ1v) is 13.0. The molecule has 0 aliphatic heterocycles. The molecule has 1 amide bonds. The average molecular weight is 545 g/mol. The quantitative estimate of drug-likeness (QED) is 0.261. The monoisotopic (exact) mass is 544 g/mol. The van der Waals surface area contributed by atoms with Gasteiger partial charge in [-0.25, -0.2) is 19.9 Å². The molecule has 5 aromatic rings. The highest BCUT2D eigenvalue weighted by Crippen LogP contribution is 2.41. The van der Waals surface area contributed by atoms with Crippen LogP contribution < -0.4 is 15.4 Å². The molecule has 1 fully saturated rings. The summed E-state index contributed by atoms with van der Waals surface area (Å²) >= 11 is 6.09. The smallest absolute Gasteiger partial charge is 0.311 e. The Morgan fingerprint density at radius 1 is 1.10 bits per heavy atom. The molecule has 0 saturated heterocycles. The zero-order chi connectivity index (χ0) is 26.9. The number of amides is 1. The van der Waals surface area contributed by atoms with Crippen LogP contribution in [0.5, 0.6) is 5.75 Å². The fraction of sp³-hybridized carbons (Fsp3) is 0.259. The maximum atomic E-state index is 12.7. The molecule has 198 valence electrons. The number of nitrogens with one attached hydrogen (secondary N) is 2. The van der Waals surface area contributed by atoms with Gasteiger partial charge in [0.15, 0.2) is 11.4 Å². The fourth-order valence-corrected chi connectivity index (χ4v) is 4.49. The van der Waals surface area contributed by atoms with Gasteiger partial charge in [-0.3, -0.25) is 9.59 Å². The van der Waals surface area contributed by atoms with Crippen LogP contribution in [0.15, 0.2) is 55.5 Å². The van der Waals surface area contributed by atoms with E-state index < -0.39 is 0 Å². The number of anilines is 2. The number of ether oxygens (including phenoxy) is 1. The average Bonchev–Trinajstić information content (AvgIpc) is 3.59. The van der Waals surface area contributed by atoms with Gasteiger partial charge in [-0.2, -0.15) is 0 Å². The van der Waals surface area contributed by atoms with Gasteiger partial charge >= 0.3 is 5.97 Å². The topological polar surface area (TPSA) is 128 Å². The van der Waals surface area contributed by atoms with Crippen LogP contribution in [0.25, 0.3) is 11.2 Å². The molecule has 0 aromatic carbocycles. The zero-order valence-electron chi connectivity index (χ0n) is 21.1. The van der Waals surface area contributed by atoms with Crippen LogP contribution in [-0.2, 0) is 22.6 Å². The summed E-state index contributed by atoms with van der Waals surface area (Å²) in [5, 5.41) is 6.58. The van der Waals surface area contributed by atoms with Crippen molar-refractivity contribution in [1.82, 2.24) is 28.7 Å². The molecule has 1 aliphatic rings. The lowest BCUT2D eigenvalue weighted by atomic mass is 10.2. The molecule has 0 unspecified atom stereocenters. The highest BCUT2D eigenvalue weighted by atomic mass is 35.5. The van der Waals surface area contributed by atoms with Crippen LogP contribution >= 0.6 is 11.6 Å². The molecule has 5 heterocycles. The van der Waals surface area contributed by atoms with Gasteiger partial charge in [0.2, 0.25) is 5.91 Å². The number of carbonyl (C=O) groups excluding carboxylic acids is 2. The maximum absolute atomic E-state index is 12.7. The summed E-state index contributed by atoms with van der Waals surface area (Å²) in [6, 6.07) is 7.10. The molecule has 5 aromatic heterocycles. The lowest BCUT2D eigenvalue weighted by Crippen LogP contribution is -2.16. The number of pyridine rings is 2. The lowest BCUT2D eigenvalue weighted by Gasteiger charge is -2.07. The van der Waals surface area contributed by atoms with E-state index in [-0.39, 0.29) is 24.7 Å². The van der Waals surface area contributed by atoms with E-state index in [0.29, 0.717) is 46.2 Å². The predicted octanol–water partition coefficient (Wildman–Crippen LogP) is 4.41. The van der Waals surface area contributed by atoms with Crippen molar-refractivity contribution in [2.75, 3.05) is 10.6 Å². The highest BCUT2D eigenvalue weighted by molar-refractivity contribution is 6.30. The molecule has 1 saturated carbocycles. The third-order valence-corrected chi connectivity index (χ3v) is 6.68. The third-order valence-electron chi connectivity index (χ3n) is 6.44. The van der Waals surface area contributed by atoms with Gasteiger partial charge in [-0.15, -0.1) is 0 Å². The molecule has 1 aliphatic carbocycles. The van der Waals surface area contributed by atoms with E-state index in [1.807, 2.05) is 27.3 Å². The van der Waals surface area contributed by atoms with Gasteiger partial charge in [0, 0.05) is 36.1 Å². The Morgan fingerprint density at radius 2 is 1.95 bits per heavy atom. The number of imidazole rings is 2.